The highest BCUT2D eigenvalue weighted by Gasteiger charge is 2.41. The van der Waals surface area contributed by atoms with Crippen molar-refractivity contribution in [3.05, 3.63) is 170 Å². The van der Waals surface area contributed by atoms with Crippen LogP contribution in [-0.4, -0.2) is 27.2 Å². The summed E-state index contributed by atoms with van der Waals surface area (Å²) in [6.07, 6.45) is 0. The third-order valence-corrected chi connectivity index (χ3v) is 14.6. The predicted molar refractivity (Wildman–Crippen MR) is 224 cm³/mol. The van der Waals surface area contributed by atoms with Gasteiger partial charge in [-0.1, -0.05) is 128 Å². The summed E-state index contributed by atoms with van der Waals surface area (Å²) in [7, 11) is -2.05. The average Bonchev–Trinajstić information content (AvgIpc) is 3.82. The Hall–Kier alpha value is -6.56. The van der Waals surface area contributed by atoms with Crippen LogP contribution in [0.2, 0.25) is 13.1 Å². The summed E-state index contributed by atoms with van der Waals surface area (Å²) >= 11 is 0. The molecule has 4 nitrogen and oxygen atoms in total. The molecule has 1 aliphatic heterocycles. The summed E-state index contributed by atoms with van der Waals surface area (Å²) in [6, 6.07) is 61.2. The second-order valence-corrected chi connectivity index (χ2v) is 18.9. The lowest BCUT2D eigenvalue weighted by atomic mass is 10.0. The molecule has 53 heavy (non-hydrogen) atoms. The van der Waals surface area contributed by atoms with E-state index in [0.717, 1.165) is 34.0 Å². The second-order valence-electron chi connectivity index (χ2n) is 14.6. The molecule has 0 fully saturated rings. The third kappa shape index (κ3) is 4.29. The molecule has 7 aromatic carbocycles. The Bertz CT molecular complexity index is 3070. The van der Waals surface area contributed by atoms with Crippen LogP contribution in [0.15, 0.2) is 170 Å². The number of nitrogens with zero attached hydrogens (tertiary/aromatic N) is 4. The monoisotopic (exact) mass is 694 g/mol. The lowest BCUT2D eigenvalue weighted by Crippen LogP contribution is -2.50. The Morgan fingerprint density at radius 3 is 1.85 bits per heavy atom. The summed E-state index contributed by atoms with van der Waals surface area (Å²) in [5, 5.41) is 7.63. The van der Waals surface area contributed by atoms with Crippen LogP contribution in [0.3, 0.4) is 0 Å². The molecular formula is C48H34N4Si. The quantitative estimate of drug-likeness (QED) is 0.172. The van der Waals surface area contributed by atoms with E-state index in [1.165, 1.54) is 65.2 Å². The van der Waals surface area contributed by atoms with Gasteiger partial charge in [0, 0.05) is 54.9 Å². The number of rotatable bonds is 4. The smallest absolute Gasteiger partial charge is 0.159 e. The van der Waals surface area contributed by atoms with Crippen molar-refractivity contribution in [3.63, 3.8) is 0 Å². The number of fused-ring (bicyclic) bond motifs is 10. The molecule has 4 heterocycles. The standard InChI is InChI=1S/C48H34N4Si/c1-53(2)42-24-14-11-21-38(42)44-45(31-15-5-3-6-16-31)49-47(50-48(44)53)32-25-27-34(28-26-32)52-39-22-12-9-19-35(39)36-29-30-41-43(46(36)52)37-20-10-13-23-40(37)51(41)33-17-7-4-8-18-33/h3-30H,1-2H3. The Kier molecular flexibility index (Phi) is 6.37. The minimum absolute atomic E-state index is 0.776. The molecule has 3 aromatic heterocycles. The molecule has 1 aliphatic rings. The van der Waals surface area contributed by atoms with E-state index in [4.69, 9.17) is 9.97 Å². The summed E-state index contributed by atoms with van der Waals surface area (Å²) in [5.41, 5.74) is 12.7. The third-order valence-electron chi connectivity index (χ3n) is 11.3. The fourth-order valence-corrected chi connectivity index (χ4v) is 11.8. The summed E-state index contributed by atoms with van der Waals surface area (Å²) < 4.78 is 4.85. The van der Waals surface area contributed by atoms with Gasteiger partial charge in [-0.15, -0.1) is 0 Å². The topological polar surface area (TPSA) is 35.6 Å². The van der Waals surface area contributed by atoms with Crippen molar-refractivity contribution in [2.75, 3.05) is 0 Å². The second kappa shape index (κ2) is 11.2. The number of benzene rings is 7. The molecule has 0 bridgehead atoms. The van der Waals surface area contributed by atoms with Gasteiger partial charge in [-0.05, 0) is 65.3 Å². The van der Waals surface area contributed by atoms with E-state index in [2.05, 4.69) is 192 Å². The molecule has 0 radical (unpaired) electrons. The average molecular weight is 695 g/mol. The SMILES string of the molecule is C[Si]1(C)c2ccccc2-c2c(-c3ccccc3)nc(-c3ccc(-n4c5ccccc5c5ccc6c(c7ccccc7n6-c6ccccc6)c54)cc3)nc21. The Morgan fingerprint density at radius 1 is 0.453 bits per heavy atom. The molecule has 0 atom stereocenters. The van der Waals surface area contributed by atoms with Gasteiger partial charge in [-0.2, -0.15) is 0 Å². The summed E-state index contributed by atoms with van der Waals surface area (Å²) in [6.45, 7) is 4.84. The highest BCUT2D eigenvalue weighted by molar-refractivity contribution is 7.03. The van der Waals surface area contributed by atoms with Crippen molar-refractivity contribution in [1.82, 2.24) is 19.1 Å². The van der Waals surface area contributed by atoms with Gasteiger partial charge in [0.05, 0.1) is 27.8 Å². The fourth-order valence-electron chi connectivity index (χ4n) is 8.87. The molecule has 5 heteroatoms. The maximum atomic E-state index is 5.42. The van der Waals surface area contributed by atoms with Crippen LogP contribution in [0.4, 0.5) is 0 Å². The van der Waals surface area contributed by atoms with E-state index in [-0.39, 0.29) is 0 Å². The normalized spacial score (nSPS) is 13.2. The molecule has 0 N–H and O–H groups in total. The maximum absolute atomic E-state index is 5.42. The number of para-hydroxylation sites is 3. The van der Waals surface area contributed by atoms with E-state index >= 15 is 0 Å². The molecule has 0 aliphatic carbocycles. The minimum atomic E-state index is -2.05. The molecule has 0 saturated carbocycles. The zero-order valence-electron chi connectivity index (χ0n) is 29.5. The number of aromatic nitrogens is 4. The van der Waals surface area contributed by atoms with Gasteiger partial charge < -0.3 is 9.13 Å². The van der Waals surface area contributed by atoms with Crippen LogP contribution in [-0.2, 0) is 0 Å². The van der Waals surface area contributed by atoms with Gasteiger partial charge in [0.1, 0.15) is 8.07 Å². The van der Waals surface area contributed by atoms with Gasteiger partial charge >= 0.3 is 0 Å². The molecule has 0 unspecified atom stereocenters. The lowest BCUT2D eigenvalue weighted by molar-refractivity contribution is 1.17. The molecule has 250 valence electrons. The Labute approximate surface area is 308 Å². The summed E-state index contributed by atoms with van der Waals surface area (Å²) in [4.78, 5) is 10.8. The zero-order chi connectivity index (χ0) is 35.3. The van der Waals surface area contributed by atoms with E-state index in [1.54, 1.807) is 0 Å². The number of hydrogen-bond donors (Lipinski definition) is 0. The van der Waals surface area contributed by atoms with Crippen molar-refractivity contribution >= 4 is 62.2 Å². The number of hydrogen-bond acceptors (Lipinski definition) is 2. The van der Waals surface area contributed by atoms with E-state index in [0.29, 0.717) is 0 Å². The van der Waals surface area contributed by atoms with Crippen LogP contribution in [0.25, 0.3) is 88.8 Å². The van der Waals surface area contributed by atoms with Gasteiger partial charge in [-0.3, -0.25) is 0 Å². The molecule has 0 saturated heterocycles. The highest BCUT2D eigenvalue weighted by Crippen LogP contribution is 2.42. The molecule has 11 rings (SSSR count). The fraction of sp³-hybridized carbons (Fsp3) is 0.0417. The van der Waals surface area contributed by atoms with E-state index in [9.17, 15) is 0 Å². The van der Waals surface area contributed by atoms with Crippen LogP contribution < -0.4 is 10.5 Å². The predicted octanol–water partition coefficient (Wildman–Crippen LogP) is 10.8. The van der Waals surface area contributed by atoms with E-state index in [1.807, 2.05) is 0 Å². The first-order valence-electron chi connectivity index (χ1n) is 18.3. The molecule has 0 amide bonds. The van der Waals surface area contributed by atoms with Gasteiger partial charge in [0.15, 0.2) is 5.82 Å². The van der Waals surface area contributed by atoms with Crippen molar-refractivity contribution in [1.29, 1.82) is 0 Å². The van der Waals surface area contributed by atoms with Crippen LogP contribution >= 0.6 is 0 Å². The first kappa shape index (κ1) is 30.1. The first-order valence-corrected chi connectivity index (χ1v) is 21.3. The van der Waals surface area contributed by atoms with Crippen molar-refractivity contribution in [2.24, 2.45) is 0 Å². The van der Waals surface area contributed by atoms with Gasteiger partial charge in [0.2, 0.25) is 0 Å². The minimum Gasteiger partial charge on any atom is -0.309 e. The van der Waals surface area contributed by atoms with Gasteiger partial charge in [-0.25, -0.2) is 9.97 Å². The van der Waals surface area contributed by atoms with Gasteiger partial charge in [0.25, 0.3) is 0 Å². The largest absolute Gasteiger partial charge is 0.309 e. The molecule has 0 spiro atoms. The molecular weight excluding hydrogens is 661 g/mol. The highest BCUT2D eigenvalue weighted by atomic mass is 28.3. The van der Waals surface area contributed by atoms with Crippen LogP contribution in [0, 0.1) is 0 Å². The van der Waals surface area contributed by atoms with E-state index < -0.39 is 8.07 Å². The lowest BCUT2D eigenvalue weighted by Gasteiger charge is -2.19. The summed E-state index contributed by atoms with van der Waals surface area (Å²) in [5.74, 6) is 0.776. The Morgan fingerprint density at radius 2 is 1.08 bits per heavy atom. The molecule has 10 aromatic rings. The maximum Gasteiger partial charge on any atom is 0.159 e. The first-order chi connectivity index (χ1) is 26.1. The Balaban J connectivity index is 1.14. The van der Waals surface area contributed by atoms with Crippen LogP contribution in [0.1, 0.15) is 0 Å². The van der Waals surface area contributed by atoms with Crippen molar-refractivity contribution < 1.29 is 0 Å². The van der Waals surface area contributed by atoms with Crippen molar-refractivity contribution in [2.45, 2.75) is 13.1 Å². The van der Waals surface area contributed by atoms with Crippen LogP contribution in [0.5, 0.6) is 0 Å². The van der Waals surface area contributed by atoms with Crippen molar-refractivity contribution in [3.8, 4) is 45.1 Å². The zero-order valence-corrected chi connectivity index (χ0v) is 30.5.